The molecule has 1 saturated heterocycles. The van der Waals surface area contributed by atoms with E-state index in [1.807, 2.05) is 51.1 Å². The van der Waals surface area contributed by atoms with Crippen molar-refractivity contribution in [3.8, 4) is 5.75 Å². The molecule has 10 heteroatoms. The molecular weight excluding hydrogens is 535 g/mol. The summed E-state index contributed by atoms with van der Waals surface area (Å²) in [5, 5.41) is 0. The van der Waals surface area contributed by atoms with Gasteiger partial charge in [-0.3, -0.25) is 14.0 Å². The minimum absolute atomic E-state index is 0.172. The summed E-state index contributed by atoms with van der Waals surface area (Å²) in [4.78, 5) is 39.8. The summed E-state index contributed by atoms with van der Waals surface area (Å²) in [5.74, 6) is 0.377. The number of ether oxygens (including phenoxy) is 1. The van der Waals surface area contributed by atoms with Crippen LogP contribution in [0.15, 0.2) is 79.3 Å². The maximum atomic E-state index is 13.9. The summed E-state index contributed by atoms with van der Waals surface area (Å²) in [7, 11) is 0. The molecule has 3 heterocycles. The van der Waals surface area contributed by atoms with Gasteiger partial charge >= 0.3 is 0 Å². The van der Waals surface area contributed by atoms with E-state index in [9.17, 15) is 14.0 Å². The van der Waals surface area contributed by atoms with Crippen molar-refractivity contribution in [1.29, 1.82) is 0 Å². The zero-order valence-corrected chi connectivity index (χ0v) is 24.2. The van der Waals surface area contributed by atoms with Crippen molar-refractivity contribution in [2.45, 2.75) is 51.8 Å². The quantitative estimate of drug-likeness (QED) is 0.325. The number of hydrogen-bond acceptors (Lipinski definition) is 6. The van der Waals surface area contributed by atoms with Crippen LogP contribution in [0.4, 0.5) is 4.39 Å². The summed E-state index contributed by atoms with van der Waals surface area (Å²) < 4.78 is 21.5. The number of carbonyl (C=O) groups excluding carboxylic acids is 2. The summed E-state index contributed by atoms with van der Waals surface area (Å²) in [6.07, 6.45) is 5.84. The van der Waals surface area contributed by atoms with Gasteiger partial charge in [-0.05, 0) is 47.7 Å². The lowest BCUT2D eigenvalue weighted by Crippen LogP contribution is -2.54. The van der Waals surface area contributed by atoms with Gasteiger partial charge in [0, 0.05) is 38.1 Å². The highest BCUT2D eigenvalue weighted by atomic mass is 19.1. The SMILES string of the molecule is CC(C)(C)C(N)C(=O)N1CC(Oc2ccccc2)CC1CN(CCc1ccc(F)cc1)C(=O)c1cn2cccnc2n1. The van der Waals surface area contributed by atoms with Crippen LogP contribution in [0.2, 0.25) is 0 Å². The number of likely N-dealkylation sites (tertiary alicyclic amines) is 1. The van der Waals surface area contributed by atoms with E-state index in [0.29, 0.717) is 31.7 Å². The molecule has 0 aliphatic carbocycles. The minimum atomic E-state index is -0.719. The molecule has 2 aromatic carbocycles. The fourth-order valence-corrected chi connectivity index (χ4v) is 5.18. The number of benzene rings is 2. The normalized spacial score (nSPS) is 17.8. The first-order valence-corrected chi connectivity index (χ1v) is 14.2. The van der Waals surface area contributed by atoms with E-state index >= 15 is 0 Å². The summed E-state index contributed by atoms with van der Waals surface area (Å²) >= 11 is 0. The van der Waals surface area contributed by atoms with Crippen molar-refractivity contribution < 1.29 is 18.7 Å². The molecule has 9 nitrogen and oxygen atoms in total. The van der Waals surface area contributed by atoms with Gasteiger partial charge in [-0.1, -0.05) is 51.1 Å². The maximum Gasteiger partial charge on any atom is 0.274 e. The molecule has 4 aromatic rings. The lowest BCUT2D eigenvalue weighted by atomic mass is 9.86. The molecule has 2 aromatic heterocycles. The van der Waals surface area contributed by atoms with E-state index in [0.717, 1.165) is 11.3 Å². The van der Waals surface area contributed by atoms with Crippen LogP contribution < -0.4 is 10.5 Å². The van der Waals surface area contributed by atoms with Crippen LogP contribution in [0.1, 0.15) is 43.2 Å². The molecule has 0 radical (unpaired) electrons. The highest BCUT2D eigenvalue weighted by Gasteiger charge is 2.42. The van der Waals surface area contributed by atoms with Gasteiger partial charge in [0.1, 0.15) is 23.4 Å². The predicted molar refractivity (Wildman–Crippen MR) is 157 cm³/mol. The van der Waals surface area contributed by atoms with Gasteiger partial charge in [-0.25, -0.2) is 14.4 Å². The smallest absolute Gasteiger partial charge is 0.274 e. The van der Waals surface area contributed by atoms with Gasteiger partial charge < -0.3 is 20.3 Å². The Morgan fingerprint density at radius 1 is 1.12 bits per heavy atom. The Kier molecular flexibility index (Phi) is 8.54. The number of para-hydroxylation sites is 1. The van der Waals surface area contributed by atoms with Gasteiger partial charge in [0.25, 0.3) is 5.91 Å². The van der Waals surface area contributed by atoms with Gasteiger partial charge in [-0.15, -0.1) is 0 Å². The second-order valence-electron chi connectivity index (χ2n) is 11.9. The van der Waals surface area contributed by atoms with Gasteiger partial charge in [0.15, 0.2) is 0 Å². The highest BCUT2D eigenvalue weighted by Crippen LogP contribution is 2.28. The summed E-state index contributed by atoms with van der Waals surface area (Å²) in [6, 6.07) is 16.5. The average Bonchev–Trinajstić information content (AvgIpc) is 3.59. The molecule has 0 spiro atoms. The summed E-state index contributed by atoms with van der Waals surface area (Å²) in [5.41, 5.74) is 7.15. The maximum absolute atomic E-state index is 13.9. The molecule has 1 aliphatic heterocycles. The zero-order chi connectivity index (χ0) is 29.9. The third-order valence-electron chi connectivity index (χ3n) is 7.66. The van der Waals surface area contributed by atoms with Crippen LogP contribution in [-0.2, 0) is 11.2 Å². The standard InChI is InChI=1S/C32H37FN6O3/c1-32(2,3)28(34)30(41)39-20-26(42-25-8-5-4-6-9-25)18-24(39)19-37(17-14-22-10-12-23(33)13-11-22)29(40)27-21-38-16-7-15-35-31(38)36-27/h4-13,15-16,21,24,26,28H,14,17-20,34H2,1-3H3. The third kappa shape index (κ3) is 6.76. The molecule has 3 unspecified atom stereocenters. The van der Waals surface area contributed by atoms with Crippen LogP contribution in [0, 0.1) is 11.2 Å². The lowest BCUT2D eigenvalue weighted by molar-refractivity contribution is -0.136. The number of aromatic nitrogens is 3. The van der Waals surface area contributed by atoms with Gasteiger partial charge in [0.05, 0.1) is 18.6 Å². The molecule has 2 N–H and O–H groups in total. The van der Waals surface area contributed by atoms with Crippen molar-refractivity contribution in [2.75, 3.05) is 19.6 Å². The third-order valence-corrected chi connectivity index (χ3v) is 7.66. The Labute approximate surface area is 245 Å². The number of carbonyl (C=O) groups is 2. The molecule has 0 bridgehead atoms. The topological polar surface area (TPSA) is 106 Å². The molecule has 42 heavy (non-hydrogen) atoms. The van der Waals surface area contributed by atoms with Crippen LogP contribution in [0.5, 0.6) is 5.75 Å². The second-order valence-corrected chi connectivity index (χ2v) is 11.9. The number of nitrogens with two attached hydrogens (primary N) is 1. The summed E-state index contributed by atoms with van der Waals surface area (Å²) in [6.45, 7) is 6.79. The number of imidazole rings is 1. The first kappa shape index (κ1) is 29.2. The largest absolute Gasteiger partial charge is 0.489 e. The Bertz CT molecular complexity index is 1490. The highest BCUT2D eigenvalue weighted by molar-refractivity contribution is 5.93. The van der Waals surface area contributed by atoms with Crippen LogP contribution >= 0.6 is 0 Å². The fraction of sp³-hybridized carbons (Fsp3) is 0.375. The Hall–Kier alpha value is -4.31. The number of fused-ring (bicyclic) bond motifs is 1. The molecule has 1 fully saturated rings. The lowest BCUT2D eigenvalue weighted by Gasteiger charge is -2.35. The number of rotatable bonds is 9. The minimum Gasteiger partial charge on any atom is -0.489 e. The molecule has 220 valence electrons. The first-order chi connectivity index (χ1) is 20.1. The van der Waals surface area contributed by atoms with Crippen molar-refractivity contribution >= 4 is 17.6 Å². The van der Waals surface area contributed by atoms with E-state index in [1.165, 1.54) is 12.1 Å². The molecule has 1 aliphatic rings. The molecule has 2 amide bonds. The molecule has 0 saturated carbocycles. The van der Waals surface area contributed by atoms with E-state index in [1.54, 1.807) is 51.0 Å². The Morgan fingerprint density at radius 2 is 1.86 bits per heavy atom. The van der Waals surface area contributed by atoms with Crippen molar-refractivity contribution in [1.82, 2.24) is 24.2 Å². The molecule has 3 atom stereocenters. The molecular formula is C32H37FN6O3. The number of nitrogens with zero attached hydrogens (tertiary/aromatic N) is 5. The van der Waals surface area contributed by atoms with E-state index < -0.39 is 11.5 Å². The zero-order valence-electron chi connectivity index (χ0n) is 24.2. The second kappa shape index (κ2) is 12.3. The van der Waals surface area contributed by atoms with Crippen LogP contribution in [0.25, 0.3) is 5.78 Å². The predicted octanol–water partition coefficient (Wildman–Crippen LogP) is 3.98. The first-order valence-electron chi connectivity index (χ1n) is 14.2. The van der Waals surface area contributed by atoms with E-state index in [4.69, 9.17) is 10.5 Å². The number of hydrogen-bond donors (Lipinski definition) is 1. The average molecular weight is 573 g/mol. The van der Waals surface area contributed by atoms with Crippen molar-refractivity contribution in [3.63, 3.8) is 0 Å². The molecule has 5 rings (SSSR count). The number of halogens is 1. The van der Waals surface area contributed by atoms with Gasteiger partial charge in [-0.2, -0.15) is 0 Å². The van der Waals surface area contributed by atoms with Crippen molar-refractivity contribution in [2.24, 2.45) is 11.1 Å². The Balaban J connectivity index is 1.42. The van der Waals surface area contributed by atoms with Crippen LogP contribution in [-0.4, -0.2) is 73.8 Å². The van der Waals surface area contributed by atoms with Crippen molar-refractivity contribution in [3.05, 3.63) is 96.3 Å². The number of amides is 2. The van der Waals surface area contributed by atoms with Crippen LogP contribution in [0.3, 0.4) is 0 Å². The Morgan fingerprint density at radius 3 is 2.55 bits per heavy atom. The van der Waals surface area contributed by atoms with E-state index in [-0.39, 0.29) is 42.0 Å². The van der Waals surface area contributed by atoms with E-state index in [2.05, 4.69) is 9.97 Å². The fourth-order valence-electron chi connectivity index (χ4n) is 5.18. The monoisotopic (exact) mass is 572 g/mol. The van der Waals surface area contributed by atoms with Gasteiger partial charge in [0.2, 0.25) is 11.7 Å².